The summed E-state index contributed by atoms with van der Waals surface area (Å²) in [4.78, 5) is 13.2. The van der Waals surface area contributed by atoms with Crippen LogP contribution in [-0.2, 0) is 6.42 Å². The summed E-state index contributed by atoms with van der Waals surface area (Å²) in [7, 11) is 0. The Morgan fingerprint density at radius 2 is 1.94 bits per heavy atom. The number of carbonyl (C=O) groups is 1. The van der Waals surface area contributed by atoms with E-state index in [1.54, 1.807) is 11.3 Å². The van der Waals surface area contributed by atoms with E-state index in [-0.39, 0.29) is 19.4 Å². The normalized spacial score (nSPS) is 11.4. The van der Waals surface area contributed by atoms with E-state index in [0.29, 0.717) is 5.56 Å². The molecule has 0 fully saturated rings. The van der Waals surface area contributed by atoms with Gasteiger partial charge in [0.15, 0.2) is 0 Å². The van der Waals surface area contributed by atoms with Crippen molar-refractivity contribution in [2.45, 2.75) is 26.8 Å². The first kappa shape index (κ1) is 14.5. The minimum Gasteiger partial charge on any atom is -0.349 e. The van der Waals surface area contributed by atoms with Gasteiger partial charge in [0, 0.05) is 22.9 Å². The highest BCUT2D eigenvalue weighted by atomic mass is 32.1. The first-order chi connectivity index (χ1) is 8.25. The molecule has 1 atom stereocenters. The molecule has 0 aliphatic rings. The van der Waals surface area contributed by atoms with Gasteiger partial charge >= 0.3 is 0 Å². The summed E-state index contributed by atoms with van der Waals surface area (Å²) in [5, 5.41) is 5.06. The van der Waals surface area contributed by atoms with Crippen molar-refractivity contribution >= 4 is 17.2 Å². The molecule has 0 unspecified atom stereocenters. The van der Waals surface area contributed by atoms with Crippen molar-refractivity contribution in [1.29, 1.82) is 0 Å². The van der Waals surface area contributed by atoms with Crippen LogP contribution in [0, 0.1) is 0 Å². The molecule has 1 aromatic carbocycles. The summed E-state index contributed by atoms with van der Waals surface area (Å²) in [5.74, 6) is -0.00495. The van der Waals surface area contributed by atoms with E-state index >= 15 is 0 Å². The molecule has 0 spiro atoms. The minimum atomic E-state index is -0.00495. The molecule has 2 rings (SSSR count). The smallest absolute Gasteiger partial charge is 0.251 e. The van der Waals surface area contributed by atoms with Crippen LogP contribution in [0.25, 0.3) is 0 Å². The topological polar surface area (TPSA) is 29.1 Å². The third kappa shape index (κ3) is 4.00. The molecule has 18 heavy (non-hydrogen) atoms. The van der Waals surface area contributed by atoms with E-state index in [4.69, 9.17) is 0 Å². The lowest BCUT2D eigenvalue weighted by Crippen LogP contribution is -2.33. The summed E-state index contributed by atoms with van der Waals surface area (Å²) in [6.07, 6.45) is 0.885. The molecule has 2 nitrogen and oxygen atoms in total. The molecule has 2 aromatic rings. The summed E-state index contributed by atoms with van der Waals surface area (Å²) < 4.78 is 0. The van der Waals surface area contributed by atoms with Gasteiger partial charge in [0.05, 0.1) is 0 Å². The Kier molecular flexibility index (Phi) is 5.59. The molecule has 0 aliphatic heterocycles. The van der Waals surface area contributed by atoms with Gasteiger partial charge in [-0.25, -0.2) is 0 Å². The Hall–Kier alpha value is -1.61. The summed E-state index contributed by atoms with van der Waals surface area (Å²) in [6, 6.07) is 13.6. The Balaban J connectivity index is 0.00000162. The molecule has 0 aliphatic carbocycles. The van der Waals surface area contributed by atoms with Gasteiger partial charge in [0.2, 0.25) is 0 Å². The molecule has 3 heteroatoms. The number of benzene rings is 1. The highest BCUT2D eigenvalue weighted by Gasteiger charge is 2.09. The molecule has 1 heterocycles. The Labute approximate surface area is 113 Å². The number of hydrogen-bond acceptors (Lipinski definition) is 2. The largest absolute Gasteiger partial charge is 0.349 e. The SMILES string of the molecule is C.C[C@H](Cc1cccs1)NC(=O)c1ccccc1. The lowest BCUT2D eigenvalue weighted by Gasteiger charge is -2.12. The average Bonchev–Trinajstić information content (AvgIpc) is 2.82. The molecule has 0 saturated heterocycles. The highest BCUT2D eigenvalue weighted by molar-refractivity contribution is 7.09. The maximum atomic E-state index is 11.9. The quantitative estimate of drug-likeness (QED) is 0.892. The standard InChI is InChI=1S/C14H15NOS.CH4/c1-11(10-13-8-5-9-17-13)15-14(16)12-6-3-2-4-7-12;/h2-9,11H,10H2,1H3,(H,15,16);1H4/t11-;/m1./s1. The summed E-state index contributed by atoms with van der Waals surface area (Å²) >= 11 is 1.72. The van der Waals surface area contributed by atoms with E-state index < -0.39 is 0 Å². The molecule has 1 amide bonds. The first-order valence-electron chi connectivity index (χ1n) is 5.64. The van der Waals surface area contributed by atoms with Crippen molar-refractivity contribution in [2.24, 2.45) is 0 Å². The van der Waals surface area contributed by atoms with Gasteiger partial charge < -0.3 is 5.32 Å². The number of nitrogens with one attached hydrogen (secondary N) is 1. The molecular formula is C15H19NOS. The van der Waals surface area contributed by atoms with Gasteiger partial charge in [0.1, 0.15) is 0 Å². The van der Waals surface area contributed by atoms with Crippen molar-refractivity contribution in [3.05, 3.63) is 58.3 Å². The second-order valence-corrected chi connectivity index (χ2v) is 5.06. The van der Waals surface area contributed by atoms with Gasteiger partial charge in [0.25, 0.3) is 5.91 Å². The predicted octanol–water partition coefficient (Wildman–Crippen LogP) is 3.75. The van der Waals surface area contributed by atoms with Crippen LogP contribution in [0.1, 0.15) is 29.6 Å². The summed E-state index contributed by atoms with van der Waals surface area (Å²) in [6.45, 7) is 2.03. The van der Waals surface area contributed by atoms with Gasteiger partial charge in [-0.15, -0.1) is 11.3 Å². The number of hydrogen-bond donors (Lipinski definition) is 1. The van der Waals surface area contributed by atoms with Crippen molar-refractivity contribution in [2.75, 3.05) is 0 Å². The molecule has 1 N–H and O–H groups in total. The van der Waals surface area contributed by atoms with Crippen LogP contribution in [0.5, 0.6) is 0 Å². The lowest BCUT2D eigenvalue weighted by atomic mass is 10.1. The van der Waals surface area contributed by atoms with E-state index in [1.165, 1.54) is 4.88 Å². The highest BCUT2D eigenvalue weighted by Crippen LogP contribution is 2.11. The Morgan fingerprint density at radius 3 is 2.56 bits per heavy atom. The molecule has 96 valence electrons. The molecule has 0 radical (unpaired) electrons. The fraction of sp³-hybridized carbons (Fsp3) is 0.267. The lowest BCUT2D eigenvalue weighted by molar-refractivity contribution is 0.0940. The Bertz CT molecular complexity index is 465. The van der Waals surface area contributed by atoms with Crippen LogP contribution in [0.3, 0.4) is 0 Å². The third-order valence-corrected chi connectivity index (χ3v) is 3.40. The van der Waals surface area contributed by atoms with Crippen LogP contribution >= 0.6 is 11.3 Å². The fourth-order valence-corrected chi connectivity index (χ4v) is 2.51. The van der Waals surface area contributed by atoms with Gasteiger partial charge in [-0.1, -0.05) is 31.7 Å². The second-order valence-electron chi connectivity index (χ2n) is 4.02. The monoisotopic (exact) mass is 261 g/mol. The van der Waals surface area contributed by atoms with Gasteiger partial charge in [-0.05, 0) is 30.5 Å². The van der Waals surface area contributed by atoms with E-state index in [2.05, 4.69) is 16.8 Å². The maximum absolute atomic E-state index is 11.9. The van der Waals surface area contributed by atoms with Crippen molar-refractivity contribution in [1.82, 2.24) is 5.32 Å². The fourth-order valence-electron chi connectivity index (χ4n) is 1.68. The van der Waals surface area contributed by atoms with Crippen LogP contribution in [0.4, 0.5) is 0 Å². The van der Waals surface area contributed by atoms with Crippen LogP contribution in [0.15, 0.2) is 47.8 Å². The zero-order valence-electron chi connectivity index (χ0n) is 9.72. The maximum Gasteiger partial charge on any atom is 0.251 e. The molecule has 1 aromatic heterocycles. The first-order valence-corrected chi connectivity index (χ1v) is 6.52. The van der Waals surface area contributed by atoms with Crippen LogP contribution < -0.4 is 5.32 Å². The zero-order chi connectivity index (χ0) is 12.1. The van der Waals surface area contributed by atoms with E-state index in [9.17, 15) is 4.79 Å². The summed E-state index contributed by atoms with van der Waals surface area (Å²) in [5.41, 5.74) is 0.713. The Morgan fingerprint density at radius 1 is 1.22 bits per heavy atom. The zero-order valence-corrected chi connectivity index (χ0v) is 10.5. The van der Waals surface area contributed by atoms with Crippen LogP contribution in [-0.4, -0.2) is 11.9 Å². The average molecular weight is 261 g/mol. The van der Waals surface area contributed by atoms with Gasteiger partial charge in [-0.2, -0.15) is 0 Å². The molecule has 0 bridgehead atoms. The van der Waals surface area contributed by atoms with Crippen LogP contribution in [0.2, 0.25) is 0 Å². The van der Waals surface area contributed by atoms with Gasteiger partial charge in [-0.3, -0.25) is 4.79 Å². The van der Waals surface area contributed by atoms with Crippen molar-refractivity contribution < 1.29 is 4.79 Å². The van der Waals surface area contributed by atoms with Crippen molar-refractivity contribution in [3.8, 4) is 0 Å². The molecular weight excluding hydrogens is 242 g/mol. The number of rotatable bonds is 4. The number of thiophene rings is 1. The van der Waals surface area contributed by atoms with E-state index in [0.717, 1.165) is 6.42 Å². The third-order valence-electron chi connectivity index (χ3n) is 2.50. The van der Waals surface area contributed by atoms with E-state index in [1.807, 2.05) is 43.3 Å². The number of carbonyl (C=O) groups excluding carboxylic acids is 1. The molecule has 0 saturated carbocycles. The second kappa shape index (κ2) is 6.97. The minimum absolute atomic E-state index is 0. The van der Waals surface area contributed by atoms with Crippen molar-refractivity contribution in [3.63, 3.8) is 0 Å². The predicted molar refractivity (Wildman–Crippen MR) is 78.1 cm³/mol. The number of amides is 1.